The minimum atomic E-state index is -0.412. The Morgan fingerprint density at radius 3 is 2.62 bits per heavy atom. The average molecular weight is 286 g/mol. The number of aliphatic hydroxyl groups is 1. The van der Waals surface area contributed by atoms with Crippen molar-refractivity contribution < 1.29 is 9.90 Å². The van der Waals surface area contributed by atoms with Crippen molar-refractivity contribution in [2.45, 2.75) is 64.9 Å². The van der Waals surface area contributed by atoms with Crippen LogP contribution in [0.4, 0.5) is 0 Å². The molecular formula is C19H26O2. The van der Waals surface area contributed by atoms with Crippen LogP contribution in [0.3, 0.4) is 0 Å². The molecule has 1 saturated carbocycles. The number of hydrogen-bond acceptors (Lipinski definition) is 2. The number of carbonyl (C=O) groups excluding carboxylic acids is 1. The number of Topliss-reactive ketones (excluding diaryl/α,β-unsaturated/α-hetero) is 1. The Labute approximate surface area is 127 Å². The third-order valence-electron chi connectivity index (χ3n) is 6.16. The van der Waals surface area contributed by atoms with Crippen LogP contribution < -0.4 is 0 Å². The molecule has 1 aromatic rings. The number of fused-ring (bicyclic) bond motifs is 3. The van der Waals surface area contributed by atoms with Crippen LogP contribution in [0.2, 0.25) is 0 Å². The SMILES string of the molecule is CC(O)c1ccc2c(c1)CC[C@H]1C(C)(C)C(=O)CC[C@]21C. The summed E-state index contributed by atoms with van der Waals surface area (Å²) in [6.07, 6.45) is 3.34. The molecule has 0 spiro atoms. The fraction of sp³-hybridized carbons (Fsp3) is 0.632. The first kappa shape index (κ1) is 14.8. The smallest absolute Gasteiger partial charge is 0.138 e. The Bertz CT molecular complexity index is 585. The zero-order valence-corrected chi connectivity index (χ0v) is 13.6. The molecule has 0 bridgehead atoms. The van der Waals surface area contributed by atoms with Gasteiger partial charge in [-0.3, -0.25) is 4.79 Å². The first-order valence-electron chi connectivity index (χ1n) is 8.11. The normalized spacial score (nSPS) is 32.2. The lowest BCUT2D eigenvalue weighted by atomic mass is 9.50. The quantitative estimate of drug-likeness (QED) is 0.848. The monoisotopic (exact) mass is 286 g/mol. The summed E-state index contributed by atoms with van der Waals surface area (Å²) in [6.45, 7) is 8.42. The zero-order valence-electron chi connectivity index (χ0n) is 13.6. The van der Waals surface area contributed by atoms with Gasteiger partial charge in [0.2, 0.25) is 0 Å². The van der Waals surface area contributed by atoms with Gasteiger partial charge in [-0.05, 0) is 54.2 Å². The number of benzene rings is 1. The van der Waals surface area contributed by atoms with E-state index in [0.29, 0.717) is 18.1 Å². The molecule has 1 N–H and O–H groups in total. The molecule has 3 atom stereocenters. The van der Waals surface area contributed by atoms with Crippen LogP contribution in [-0.4, -0.2) is 10.9 Å². The van der Waals surface area contributed by atoms with Crippen molar-refractivity contribution in [2.24, 2.45) is 11.3 Å². The molecule has 0 radical (unpaired) electrons. The molecule has 114 valence electrons. The standard InChI is InChI=1S/C19H26O2/c1-12(20)13-5-7-15-14(11-13)6-8-16-18(2,3)17(21)9-10-19(15,16)4/h5,7,11-12,16,20H,6,8-10H2,1-4H3/t12?,16-,19+/m0/s1. The van der Waals surface area contributed by atoms with Crippen LogP contribution in [0.25, 0.3) is 0 Å². The Kier molecular flexibility index (Phi) is 3.29. The zero-order chi connectivity index (χ0) is 15.4. The molecule has 21 heavy (non-hydrogen) atoms. The molecule has 2 nitrogen and oxygen atoms in total. The number of rotatable bonds is 1. The minimum Gasteiger partial charge on any atom is -0.389 e. The predicted molar refractivity (Wildman–Crippen MR) is 84.3 cm³/mol. The Balaban J connectivity index is 2.08. The highest BCUT2D eigenvalue weighted by Gasteiger charge is 2.53. The van der Waals surface area contributed by atoms with Gasteiger partial charge >= 0.3 is 0 Å². The van der Waals surface area contributed by atoms with Gasteiger partial charge in [0.05, 0.1) is 6.10 Å². The molecule has 2 heteroatoms. The summed E-state index contributed by atoms with van der Waals surface area (Å²) in [7, 11) is 0. The second-order valence-corrected chi connectivity index (χ2v) is 7.75. The topological polar surface area (TPSA) is 37.3 Å². The second kappa shape index (κ2) is 4.67. The van der Waals surface area contributed by atoms with Crippen molar-refractivity contribution in [2.75, 3.05) is 0 Å². The highest BCUT2D eigenvalue weighted by Crippen LogP contribution is 2.55. The Morgan fingerprint density at radius 2 is 1.95 bits per heavy atom. The molecular weight excluding hydrogens is 260 g/mol. The van der Waals surface area contributed by atoms with E-state index < -0.39 is 6.10 Å². The van der Waals surface area contributed by atoms with Gasteiger partial charge in [-0.15, -0.1) is 0 Å². The maximum atomic E-state index is 12.3. The van der Waals surface area contributed by atoms with E-state index in [1.165, 1.54) is 11.1 Å². The van der Waals surface area contributed by atoms with Crippen molar-refractivity contribution in [1.82, 2.24) is 0 Å². The maximum absolute atomic E-state index is 12.3. The first-order valence-corrected chi connectivity index (χ1v) is 8.11. The molecule has 0 aliphatic heterocycles. The van der Waals surface area contributed by atoms with E-state index in [4.69, 9.17) is 0 Å². The van der Waals surface area contributed by atoms with Gasteiger partial charge in [-0.1, -0.05) is 39.0 Å². The van der Waals surface area contributed by atoms with Gasteiger partial charge in [-0.2, -0.15) is 0 Å². The highest BCUT2D eigenvalue weighted by molar-refractivity contribution is 5.86. The van der Waals surface area contributed by atoms with E-state index in [9.17, 15) is 9.90 Å². The minimum absolute atomic E-state index is 0.0994. The summed E-state index contributed by atoms with van der Waals surface area (Å²) in [5, 5.41) is 9.80. The fourth-order valence-electron chi connectivity index (χ4n) is 4.80. The highest BCUT2D eigenvalue weighted by atomic mass is 16.3. The van der Waals surface area contributed by atoms with E-state index in [1.807, 2.05) is 6.92 Å². The van der Waals surface area contributed by atoms with E-state index >= 15 is 0 Å². The van der Waals surface area contributed by atoms with E-state index in [2.05, 4.69) is 39.0 Å². The molecule has 2 aliphatic rings. The van der Waals surface area contributed by atoms with Crippen LogP contribution in [0.5, 0.6) is 0 Å². The Morgan fingerprint density at radius 1 is 1.24 bits per heavy atom. The largest absolute Gasteiger partial charge is 0.389 e. The van der Waals surface area contributed by atoms with Gasteiger partial charge in [-0.25, -0.2) is 0 Å². The molecule has 3 rings (SSSR count). The number of hydrogen-bond donors (Lipinski definition) is 1. The van der Waals surface area contributed by atoms with Gasteiger partial charge in [0.15, 0.2) is 0 Å². The van der Waals surface area contributed by atoms with Gasteiger partial charge in [0, 0.05) is 11.8 Å². The van der Waals surface area contributed by atoms with Gasteiger partial charge < -0.3 is 5.11 Å². The molecule has 2 aliphatic carbocycles. The first-order chi connectivity index (χ1) is 9.76. The lowest BCUT2D eigenvalue weighted by Gasteiger charge is -2.53. The Hall–Kier alpha value is -1.15. The van der Waals surface area contributed by atoms with Crippen molar-refractivity contribution >= 4 is 5.78 Å². The van der Waals surface area contributed by atoms with Crippen LogP contribution >= 0.6 is 0 Å². The lowest BCUT2D eigenvalue weighted by molar-refractivity contribution is -0.137. The van der Waals surface area contributed by atoms with Gasteiger partial charge in [0.25, 0.3) is 0 Å². The third-order valence-corrected chi connectivity index (χ3v) is 6.16. The number of aryl methyl sites for hydroxylation is 1. The molecule has 1 fully saturated rings. The van der Waals surface area contributed by atoms with Crippen molar-refractivity contribution in [3.8, 4) is 0 Å². The lowest BCUT2D eigenvalue weighted by Crippen LogP contribution is -2.52. The number of carbonyl (C=O) groups is 1. The van der Waals surface area contributed by atoms with Crippen molar-refractivity contribution in [1.29, 1.82) is 0 Å². The molecule has 0 heterocycles. The predicted octanol–water partition coefficient (Wildman–Crippen LogP) is 3.95. The maximum Gasteiger partial charge on any atom is 0.138 e. The summed E-state index contributed by atoms with van der Waals surface area (Å²) in [4.78, 5) is 12.3. The molecule has 0 aromatic heterocycles. The van der Waals surface area contributed by atoms with E-state index in [-0.39, 0.29) is 10.8 Å². The summed E-state index contributed by atoms with van der Waals surface area (Å²) >= 11 is 0. The molecule has 1 unspecified atom stereocenters. The van der Waals surface area contributed by atoms with Gasteiger partial charge in [0.1, 0.15) is 5.78 Å². The van der Waals surface area contributed by atoms with Crippen LogP contribution in [0.15, 0.2) is 18.2 Å². The molecule has 1 aromatic carbocycles. The van der Waals surface area contributed by atoms with E-state index in [0.717, 1.165) is 24.8 Å². The van der Waals surface area contributed by atoms with Crippen LogP contribution in [0, 0.1) is 11.3 Å². The summed E-state index contributed by atoms with van der Waals surface area (Å²) in [6, 6.07) is 6.43. The molecule has 0 saturated heterocycles. The van der Waals surface area contributed by atoms with E-state index in [1.54, 1.807) is 0 Å². The van der Waals surface area contributed by atoms with Crippen LogP contribution in [-0.2, 0) is 16.6 Å². The third kappa shape index (κ3) is 2.07. The second-order valence-electron chi connectivity index (χ2n) is 7.75. The van der Waals surface area contributed by atoms with Crippen molar-refractivity contribution in [3.05, 3.63) is 34.9 Å². The summed E-state index contributed by atoms with van der Waals surface area (Å²) in [5.74, 6) is 0.852. The number of ketones is 1. The summed E-state index contributed by atoms with van der Waals surface area (Å²) < 4.78 is 0. The summed E-state index contributed by atoms with van der Waals surface area (Å²) in [5.41, 5.74) is 3.67. The van der Waals surface area contributed by atoms with Crippen LogP contribution in [0.1, 0.15) is 69.8 Å². The number of aliphatic hydroxyl groups excluding tert-OH is 1. The molecule has 0 amide bonds. The average Bonchev–Trinajstić information content (AvgIpc) is 2.43. The van der Waals surface area contributed by atoms with Crippen molar-refractivity contribution in [3.63, 3.8) is 0 Å². The fourth-order valence-corrected chi connectivity index (χ4v) is 4.80.